The Balaban J connectivity index is 2.21. The first-order valence-electron chi connectivity index (χ1n) is 6.52. The van der Waals surface area contributed by atoms with Gasteiger partial charge in [0.15, 0.2) is 0 Å². The van der Waals surface area contributed by atoms with Crippen molar-refractivity contribution in [2.24, 2.45) is 0 Å². The fourth-order valence-electron chi connectivity index (χ4n) is 2.05. The maximum atomic E-state index is 10.2. The zero-order chi connectivity index (χ0) is 13.6. The predicted molar refractivity (Wildman–Crippen MR) is 73.7 cm³/mol. The quantitative estimate of drug-likeness (QED) is 0.738. The molecule has 2 unspecified atom stereocenters. The van der Waals surface area contributed by atoms with Gasteiger partial charge in [-0.2, -0.15) is 0 Å². The molecule has 4 heteroatoms. The van der Waals surface area contributed by atoms with Crippen molar-refractivity contribution in [3.8, 4) is 0 Å². The maximum absolute atomic E-state index is 10.2. The Morgan fingerprint density at radius 3 is 2.78 bits per heavy atom. The molecular formula is C14H26N2O2. The summed E-state index contributed by atoms with van der Waals surface area (Å²) >= 11 is 0. The van der Waals surface area contributed by atoms with Gasteiger partial charge in [-0.3, -0.25) is 0 Å². The highest BCUT2D eigenvalue weighted by Crippen LogP contribution is 2.07. The highest BCUT2D eigenvalue weighted by Gasteiger charge is 2.21. The van der Waals surface area contributed by atoms with Gasteiger partial charge in [0.05, 0.1) is 11.9 Å². The summed E-state index contributed by atoms with van der Waals surface area (Å²) in [6.07, 6.45) is 3.64. The van der Waals surface area contributed by atoms with E-state index < -0.39 is 5.60 Å². The van der Waals surface area contributed by atoms with Crippen molar-refractivity contribution >= 4 is 0 Å². The molecule has 2 atom stereocenters. The third-order valence-electron chi connectivity index (χ3n) is 2.89. The smallest absolute Gasteiger partial charge is 0.103 e. The van der Waals surface area contributed by atoms with Crippen LogP contribution in [0.1, 0.15) is 26.0 Å². The summed E-state index contributed by atoms with van der Waals surface area (Å²) in [6.45, 7) is 5.25. The summed E-state index contributed by atoms with van der Waals surface area (Å²) in [5, 5.41) is 13.5. The number of aliphatic hydroxyl groups is 1. The molecule has 1 aromatic heterocycles. The monoisotopic (exact) mass is 254 g/mol. The first kappa shape index (κ1) is 15.2. The van der Waals surface area contributed by atoms with Crippen molar-refractivity contribution in [1.82, 2.24) is 10.2 Å². The van der Waals surface area contributed by atoms with Crippen LogP contribution in [-0.2, 0) is 6.42 Å². The molecule has 0 aromatic carbocycles. The van der Waals surface area contributed by atoms with Crippen molar-refractivity contribution in [1.29, 1.82) is 0 Å². The van der Waals surface area contributed by atoms with Gasteiger partial charge >= 0.3 is 0 Å². The van der Waals surface area contributed by atoms with Gasteiger partial charge in [-0.15, -0.1) is 0 Å². The second-order valence-electron chi connectivity index (χ2n) is 5.63. The molecule has 0 saturated heterocycles. The number of nitrogens with one attached hydrogen (secondary N) is 1. The molecule has 0 bridgehead atoms. The van der Waals surface area contributed by atoms with Crippen molar-refractivity contribution in [2.45, 2.75) is 38.3 Å². The minimum absolute atomic E-state index is 0.365. The van der Waals surface area contributed by atoms with Gasteiger partial charge in [-0.1, -0.05) is 0 Å². The molecule has 0 aliphatic heterocycles. The van der Waals surface area contributed by atoms with E-state index in [1.807, 2.05) is 38.1 Å². The average molecular weight is 254 g/mol. The van der Waals surface area contributed by atoms with Crippen LogP contribution in [0.5, 0.6) is 0 Å². The van der Waals surface area contributed by atoms with Crippen LogP contribution >= 0.6 is 0 Å². The Morgan fingerprint density at radius 2 is 2.22 bits per heavy atom. The predicted octanol–water partition coefficient (Wildman–Crippen LogP) is 1.50. The molecule has 0 fully saturated rings. The van der Waals surface area contributed by atoms with Crippen molar-refractivity contribution in [3.05, 3.63) is 24.2 Å². The van der Waals surface area contributed by atoms with Gasteiger partial charge in [0.1, 0.15) is 5.76 Å². The molecule has 0 amide bonds. The van der Waals surface area contributed by atoms with E-state index in [-0.39, 0.29) is 0 Å². The van der Waals surface area contributed by atoms with E-state index in [0.717, 1.165) is 18.6 Å². The Bertz CT molecular complexity index is 321. The number of rotatable bonds is 8. The van der Waals surface area contributed by atoms with E-state index in [0.29, 0.717) is 19.1 Å². The first-order chi connectivity index (χ1) is 8.39. The SMILES string of the molecule is CC(CCc1ccco1)NCC(C)(O)CN(C)C. The minimum Gasteiger partial charge on any atom is -0.469 e. The van der Waals surface area contributed by atoms with E-state index in [2.05, 4.69) is 12.2 Å². The van der Waals surface area contributed by atoms with Gasteiger partial charge in [0.25, 0.3) is 0 Å². The fourth-order valence-corrected chi connectivity index (χ4v) is 2.05. The van der Waals surface area contributed by atoms with Gasteiger partial charge < -0.3 is 19.7 Å². The van der Waals surface area contributed by atoms with E-state index >= 15 is 0 Å². The highest BCUT2D eigenvalue weighted by atomic mass is 16.3. The van der Waals surface area contributed by atoms with Gasteiger partial charge in [0.2, 0.25) is 0 Å². The molecule has 2 N–H and O–H groups in total. The molecule has 0 spiro atoms. The van der Waals surface area contributed by atoms with Crippen LogP contribution in [0.3, 0.4) is 0 Å². The number of hydrogen-bond acceptors (Lipinski definition) is 4. The lowest BCUT2D eigenvalue weighted by Gasteiger charge is -2.28. The van der Waals surface area contributed by atoms with Gasteiger partial charge in [0, 0.05) is 25.6 Å². The van der Waals surface area contributed by atoms with Crippen molar-refractivity contribution in [2.75, 3.05) is 27.2 Å². The summed E-state index contributed by atoms with van der Waals surface area (Å²) in [5.41, 5.74) is -0.692. The van der Waals surface area contributed by atoms with Crippen LogP contribution in [0.2, 0.25) is 0 Å². The summed E-state index contributed by atoms with van der Waals surface area (Å²) in [7, 11) is 3.93. The van der Waals surface area contributed by atoms with E-state index in [1.165, 1.54) is 0 Å². The summed E-state index contributed by atoms with van der Waals surface area (Å²) < 4.78 is 5.30. The first-order valence-corrected chi connectivity index (χ1v) is 6.52. The van der Waals surface area contributed by atoms with Crippen LogP contribution in [-0.4, -0.2) is 48.8 Å². The number of furan rings is 1. The molecule has 4 nitrogen and oxygen atoms in total. The second-order valence-corrected chi connectivity index (χ2v) is 5.63. The zero-order valence-electron chi connectivity index (χ0n) is 11.9. The lowest BCUT2D eigenvalue weighted by atomic mass is 10.1. The number of aryl methyl sites for hydroxylation is 1. The largest absolute Gasteiger partial charge is 0.469 e. The number of nitrogens with zero attached hydrogens (tertiary/aromatic N) is 1. The molecule has 104 valence electrons. The summed E-state index contributed by atoms with van der Waals surface area (Å²) in [4.78, 5) is 2.00. The van der Waals surface area contributed by atoms with Gasteiger partial charge in [-0.25, -0.2) is 0 Å². The van der Waals surface area contributed by atoms with Crippen LogP contribution < -0.4 is 5.32 Å². The average Bonchev–Trinajstić information content (AvgIpc) is 2.74. The van der Waals surface area contributed by atoms with E-state index in [9.17, 15) is 5.11 Å². The molecule has 0 aliphatic carbocycles. The topological polar surface area (TPSA) is 48.6 Å². The third-order valence-corrected chi connectivity index (χ3v) is 2.89. The number of hydrogen-bond donors (Lipinski definition) is 2. The fraction of sp³-hybridized carbons (Fsp3) is 0.714. The van der Waals surface area contributed by atoms with Gasteiger partial charge in [-0.05, 0) is 46.5 Å². The molecule has 0 aliphatic rings. The van der Waals surface area contributed by atoms with Crippen molar-refractivity contribution in [3.63, 3.8) is 0 Å². The molecular weight excluding hydrogens is 228 g/mol. The lowest BCUT2D eigenvalue weighted by Crippen LogP contribution is -2.47. The van der Waals surface area contributed by atoms with E-state index in [1.54, 1.807) is 6.26 Å². The lowest BCUT2D eigenvalue weighted by molar-refractivity contribution is 0.0315. The third kappa shape index (κ3) is 6.19. The summed E-state index contributed by atoms with van der Waals surface area (Å²) in [5.74, 6) is 1.02. The molecule has 1 rings (SSSR count). The van der Waals surface area contributed by atoms with Crippen LogP contribution in [0.4, 0.5) is 0 Å². The van der Waals surface area contributed by atoms with E-state index in [4.69, 9.17) is 4.42 Å². The standard InChI is InChI=1S/C14H26N2O2/c1-12(7-8-13-6-5-9-18-13)15-10-14(2,17)11-16(3)4/h5-6,9,12,15,17H,7-8,10-11H2,1-4H3. The Hall–Kier alpha value is -0.840. The molecule has 0 radical (unpaired) electrons. The molecule has 1 heterocycles. The second kappa shape index (κ2) is 6.92. The van der Waals surface area contributed by atoms with Crippen LogP contribution in [0, 0.1) is 0 Å². The minimum atomic E-state index is -0.692. The normalized spacial score (nSPS) is 16.8. The molecule has 0 saturated carbocycles. The van der Waals surface area contributed by atoms with Crippen LogP contribution in [0.25, 0.3) is 0 Å². The maximum Gasteiger partial charge on any atom is 0.103 e. The summed E-state index contributed by atoms with van der Waals surface area (Å²) in [6, 6.07) is 4.27. The van der Waals surface area contributed by atoms with Crippen molar-refractivity contribution < 1.29 is 9.52 Å². The Morgan fingerprint density at radius 1 is 1.50 bits per heavy atom. The highest BCUT2D eigenvalue weighted by molar-refractivity contribution is 4.98. The Kier molecular flexibility index (Phi) is 5.85. The Labute approximate surface area is 110 Å². The molecule has 18 heavy (non-hydrogen) atoms. The zero-order valence-corrected chi connectivity index (χ0v) is 11.9. The molecule has 1 aromatic rings. The number of likely N-dealkylation sites (N-methyl/N-ethyl adjacent to an activating group) is 1. The van der Waals surface area contributed by atoms with Crippen LogP contribution in [0.15, 0.2) is 22.8 Å².